The number of rotatable bonds is 4. The highest BCUT2D eigenvalue weighted by Crippen LogP contribution is 2.39. The van der Waals surface area contributed by atoms with Gasteiger partial charge in [-0.1, -0.05) is 97.1 Å². The molecule has 5 nitrogen and oxygen atoms in total. The molecular formula is C46H28N4O. The van der Waals surface area contributed by atoms with Gasteiger partial charge in [0.25, 0.3) is 0 Å². The standard InChI is InChI=1S/C46H28N4O/c1-2-12-32(13-3-1)49-39-18-7-4-15-34(39)36-23-21-30(27-42(36)49)29-22-24-41-38(26-29)35-16-5-8-19-40(35)50(41)33-14-10-11-31(25-33)44-46-45(48-28-47-44)37-17-6-9-20-43(37)51-46/h1-28H. The zero-order valence-electron chi connectivity index (χ0n) is 27.4. The number of hydrogen-bond acceptors (Lipinski definition) is 3. The van der Waals surface area contributed by atoms with E-state index in [0.717, 1.165) is 50.2 Å². The minimum Gasteiger partial charge on any atom is -0.452 e. The molecule has 0 N–H and O–H groups in total. The topological polar surface area (TPSA) is 48.8 Å². The van der Waals surface area contributed by atoms with Crippen LogP contribution in [0.2, 0.25) is 0 Å². The van der Waals surface area contributed by atoms with Gasteiger partial charge in [0.15, 0.2) is 5.58 Å². The monoisotopic (exact) mass is 652 g/mol. The van der Waals surface area contributed by atoms with E-state index in [2.05, 4.69) is 154 Å². The molecule has 51 heavy (non-hydrogen) atoms. The molecule has 0 radical (unpaired) electrons. The normalized spacial score (nSPS) is 11.9. The lowest BCUT2D eigenvalue weighted by Gasteiger charge is -2.11. The molecule has 7 aromatic carbocycles. The summed E-state index contributed by atoms with van der Waals surface area (Å²) in [7, 11) is 0. The molecule has 0 spiro atoms. The number of aromatic nitrogens is 4. The molecular weight excluding hydrogens is 625 g/mol. The predicted octanol–water partition coefficient (Wildman–Crippen LogP) is 11.9. The molecule has 0 atom stereocenters. The first-order chi connectivity index (χ1) is 25.3. The predicted molar refractivity (Wildman–Crippen MR) is 209 cm³/mol. The fraction of sp³-hybridized carbons (Fsp3) is 0. The number of hydrogen-bond donors (Lipinski definition) is 0. The molecule has 0 saturated carbocycles. The zero-order valence-corrected chi connectivity index (χ0v) is 27.4. The van der Waals surface area contributed by atoms with Crippen LogP contribution in [-0.4, -0.2) is 19.1 Å². The maximum Gasteiger partial charge on any atom is 0.180 e. The maximum atomic E-state index is 6.31. The van der Waals surface area contributed by atoms with Crippen molar-refractivity contribution >= 4 is 65.7 Å². The van der Waals surface area contributed by atoms with Gasteiger partial charge in [-0.05, 0) is 77.9 Å². The average Bonchev–Trinajstić information content (AvgIpc) is 3.85. The minimum atomic E-state index is 0.700. The summed E-state index contributed by atoms with van der Waals surface area (Å²) < 4.78 is 11.0. The van der Waals surface area contributed by atoms with Crippen molar-refractivity contribution in [2.45, 2.75) is 0 Å². The summed E-state index contributed by atoms with van der Waals surface area (Å²) in [6.45, 7) is 0. The average molecular weight is 653 g/mol. The molecule has 0 aliphatic rings. The summed E-state index contributed by atoms with van der Waals surface area (Å²) in [6.07, 6.45) is 1.63. The molecule has 0 aliphatic heterocycles. The third kappa shape index (κ3) is 4.15. The van der Waals surface area contributed by atoms with Crippen LogP contribution in [0, 0.1) is 0 Å². The van der Waals surface area contributed by atoms with Crippen LogP contribution in [-0.2, 0) is 0 Å². The SMILES string of the molecule is c1ccc(-n2c3ccccc3c3ccc(-c4ccc5c(c4)c4ccccc4n5-c4cccc(-c5ncnc6c5oc5ccccc56)c4)cc32)cc1. The van der Waals surface area contributed by atoms with E-state index in [-0.39, 0.29) is 0 Å². The van der Waals surface area contributed by atoms with Crippen LogP contribution >= 0.6 is 0 Å². The van der Waals surface area contributed by atoms with Crippen molar-refractivity contribution in [1.29, 1.82) is 0 Å². The van der Waals surface area contributed by atoms with Crippen LogP contribution in [0.15, 0.2) is 175 Å². The summed E-state index contributed by atoms with van der Waals surface area (Å²) in [5, 5.41) is 5.91. The van der Waals surface area contributed by atoms with Crippen molar-refractivity contribution in [3.05, 3.63) is 170 Å². The van der Waals surface area contributed by atoms with Gasteiger partial charge in [0, 0.05) is 43.9 Å². The third-order valence-electron chi connectivity index (χ3n) is 10.2. The number of nitrogens with zero attached hydrogens (tertiary/aromatic N) is 4. The Bertz CT molecular complexity index is 3150. The van der Waals surface area contributed by atoms with E-state index >= 15 is 0 Å². The summed E-state index contributed by atoms with van der Waals surface area (Å²) >= 11 is 0. The molecule has 4 aromatic heterocycles. The van der Waals surface area contributed by atoms with Crippen molar-refractivity contribution in [3.8, 4) is 33.8 Å². The van der Waals surface area contributed by atoms with Gasteiger partial charge in [0.2, 0.25) is 0 Å². The Morgan fingerprint density at radius 2 is 1.02 bits per heavy atom. The second-order valence-electron chi connectivity index (χ2n) is 13.1. The van der Waals surface area contributed by atoms with E-state index in [1.807, 2.05) is 24.3 Å². The van der Waals surface area contributed by atoms with E-state index in [1.165, 1.54) is 43.7 Å². The minimum absolute atomic E-state index is 0.700. The quantitative estimate of drug-likeness (QED) is 0.190. The Balaban J connectivity index is 1.08. The lowest BCUT2D eigenvalue weighted by molar-refractivity contribution is 0.667. The van der Waals surface area contributed by atoms with Gasteiger partial charge in [-0.3, -0.25) is 0 Å². The number of furan rings is 1. The van der Waals surface area contributed by atoms with Crippen molar-refractivity contribution < 1.29 is 4.42 Å². The first-order valence-electron chi connectivity index (χ1n) is 17.2. The molecule has 11 rings (SSSR count). The molecule has 0 bridgehead atoms. The van der Waals surface area contributed by atoms with Crippen LogP contribution in [0.1, 0.15) is 0 Å². The molecule has 0 aliphatic carbocycles. The summed E-state index contributed by atoms with van der Waals surface area (Å²) in [5.74, 6) is 0. The van der Waals surface area contributed by atoms with Crippen LogP contribution in [0.3, 0.4) is 0 Å². The van der Waals surface area contributed by atoms with E-state index < -0.39 is 0 Å². The number of benzene rings is 7. The summed E-state index contributed by atoms with van der Waals surface area (Å²) in [6, 6.07) is 58.3. The molecule has 4 heterocycles. The number of fused-ring (bicyclic) bond motifs is 9. The van der Waals surface area contributed by atoms with Gasteiger partial charge in [-0.25, -0.2) is 9.97 Å². The van der Waals surface area contributed by atoms with Crippen molar-refractivity contribution in [2.24, 2.45) is 0 Å². The van der Waals surface area contributed by atoms with Crippen LogP contribution < -0.4 is 0 Å². The molecule has 0 saturated heterocycles. The molecule has 5 heteroatoms. The van der Waals surface area contributed by atoms with E-state index in [0.29, 0.717) is 5.58 Å². The van der Waals surface area contributed by atoms with Gasteiger partial charge < -0.3 is 13.6 Å². The second-order valence-corrected chi connectivity index (χ2v) is 13.1. The van der Waals surface area contributed by atoms with Crippen LogP contribution in [0.5, 0.6) is 0 Å². The van der Waals surface area contributed by atoms with Gasteiger partial charge in [0.1, 0.15) is 23.1 Å². The van der Waals surface area contributed by atoms with Gasteiger partial charge in [0.05, 0.1) is 22.1 Å². The van der Waals surface area contributed by atoms with Crippen molar-refractivity contribution in [3.63, 3.8) is 0 Å². The van der Waals surface area contributed by atoms with Gasteiger partial charge >= 0.3 is 0 Å². The molecule has 0 amide bonds. The van der Waals surface area contributed by atoms with E-state index in [4.69, 9.17) is 9.40 Å². The fourth-order valence-electron chi connectivity index (χ4n) is 7.96. The third-order valence-corrected chi connectivity index (χ3v) is 10.2. The lowest BCUT2D eigenvalue weighted by atomic mass is 10.0. The Hall–Kier alpha value is -6.98. The molecule has 0 fully saturated rings. The Kier molecular flexibility index (Phi) is 5.89. The fourth-order valence-corrected chi connectivity index (χ4v) is 7.96. The zero-order chi connectivity index (χ0) is 33.5. The van der Waals surface area contributed by atoms with Crippen LogP contribution in [0.25, 0.3) is 99.4 Å². The first-order valence-corrected chi connectivity index (χ1v) is 17.2. The largest absolute Gasteiger partial charge is 0.452 e. The summed E-state index contributed by atoms with van der Waals surface area (Å²) in [5.41, 5.74) is 13.4. The van der Waals surface area contributed by atoms with Crippen molar-refractivity contribution in [2.75, 3.05) is 0 Å². The van der Waals surface area contributed by atoms with E-state index in [1.54, 1.807) is 6.33 Å². The van der Waals surface area contributed by atoms with Gasteiger partial charge in [-0.15, -0.1) is 0 Å². The van der Waals surface area contributed by atoms with Gasteiger partial charge in [-0.2, -0.15) is 0 Å². The highest BCUT2D eigenvalue weighted by molar-refractivity contribution is 6.13. The smallest absolute Gasteiger partial charge is 0.180 e. The second kappa shape index (κ2) is 10.8. The Morgan fingerprint density at radius 3 is 1.86 bits per heavy atom. The van der Waals surface area contributed by atoms with Crippen molar-refractivity contribution in [1.82, 2.24) is 19.1 Å². The lowest BCUT2D eigenvalue weighted by Crippen LogP contribution is -1.95. The first kappa shape index (κ1) is 27.9. The molecule has 238 valence electrons. The highest BCUT2D eigenvalue weighted by atomic mass is 16.3. The summed E-state index contributed by atoms with van der Waals surface area (Å²) in [4.78, 5) is 9.29. The highest BCUT2D eigenvalue weighted by Gasteiger charge is 2.18. The maximum absolute atomic E-state index is 6.31. The van der Waals surface area contributed by atoms with Crippen LogP contribution in [0.4, 0.5) is 0 Å². The Morgan fingerprint density at radius 1 is 0.392 bits per heavy atom. The van der Waals surface area contributed by atoms with E-state index in [9.17, 15) is 0 Å². The number of para-hydroxylation sites is 4. The molecule has 0 unspecified atom stereocenters. The molecule has 11 aromatic rings. The Labute approximate surface area is 292 Å².